The van der Waals surface area contributed by atoms with Gasteiger partial charge in [-0.25, -0.2) is 5.43 Å². The number of nitrogens with one attached hydrogen (secondary N) is 1. The second kappa shape index (κ2) is 6.90. The maximum absolute atomic E-state index is 11.8. The summed E-state index contributed by atoms with van der Waals surface area (Å²) in [6, 6.07) is 13.8. The normalized spacial score (nSPS) is 11.2. The number of rotatable bonds is 4. The summed E-state index contributed by atoms with van der Waals surface area (Å²) in [4.78, 5) is 11.8. The highest BCUT2D eigenvalue weighted by Gasteiger charge is 2.04. The van der Waals surface area contributed by atoms with Crippen molar-refractivity contribution in [1.82, 2.24) is 5.43 Å². The van der Waals surface area contributed by atoms with E-state index in [2.05, 4.69) is 10.5 Å². The van der Waals surface area contributed by atoms with Crippen LogP contribution in [0.5, 0.6) is 5.75 Å². The second-order valence-electron chi connectivity index (χ2n) is 4.59. The Hall–Kier alpha value is -2.33. The lowest BCUT2D eigenvalue weighted by Gasteiger charge is -2.04. The molecule has 2 N–H and O–H groups in total. The molecule has 2 aromatic carbocycles. The zero-order valence-electron chi connectivity index (χ0n) is 11.5. The fraction of sp³-hybridized carbons (Fsp3) is 0.125. The van der Waals surface area contributed by atoms with Gasteiger partial charge in [0.15, 0.2) is 0 Å². The predicted molar refractivity (Wildman–Crippen MR) is 83.6 cm³/mol. The molecule has 0 heterocycles. The number of nitrogens with zero attached hydrogens (tertiary/aromatic N) is 1. The summed E-state index contributed by atoms with van der Waals surface area (Å²) in [5.41, 5.74) is 4.73. The molecule has 21 heavy (non-hydrogen) atoms. The first kappa shape index (κ1) is 15.1. The van der Waals surface area contributed by atoms with Crippen LogP contribution in [0.15, 0.2) is 53.6 Å². The van der Waals surface area contributed by atoms with Crippen LogP contribution in [-0.4, -0.2) is 16.7 Å². The first-order valence-corrected chi connectivity index (χ1v) is 6.79. The fourth-order valence-corrected chi connectivity index (χ4v) is 1.89. The van der Waals surface area contributed by atoms with Crippen LogP contribution in [0.1, 0.15) is 18.1 Å². The van der Waals surface area contributed by atoms with Crippen molar-refractivity contribution in [3.8, 4) is 5.75 Å². The zero-order chi connectivity index (χ0) is 15.2. The van der Waals surface area contributed by atoms with Gasteiger partial charge in [-0.1, -0.05) is 35.9 Å². The van der Waals surface area contributed by atoms with Crippen LogP contribution in [0.4, 0.5) is 0 Å². The second-order valence-corrected chi connectivity index (χ2v) is 5.02. The van der Waals surface area contributed by atoms with Gasteiger partial charge in [-0.2, -0.15) is 5.10 Å². The minimum absolute atomic E-state index is 0.162. The number of carbonyl (C=O) groups is 1. The van der Waals surface area contributed by atoms with E-state index in [1.54, 1.807) is 49.4 Å². The third-order valence-electron chi connectivity index (χ3n) is 2.89. The van der Waals surface area contributed by atoms with Crippen LogP contribution in [0.25, 0.3) is 0 Å². The molecule has 5 heteroatoms. The maximum atomic E-state index is 11.8. The molecule has 0 atom stereocenters. The molecule has 2 aromatic rings. The minimum Gasteiger partial charge on any atom is -0.508 e. The van der Waals surface area contributed by atoms with Gasteiger partial charge in [0.25, 0.3) is 0 Å². The number of phenols is 1. The number of hydrogen-bond donors (Lipinski definition) is 2. The largest absolute Gasteiger partial charge is 0.508 e. The van der Waals surface area contributed by atoms with E-state index < -0.39 is 0 Å². The average molecular weight is 303 g/mol. The molecular formula is C16H15ClN2O2. The van der Waals surface area contributed by atoms with Crippen molar-refractivity contribution in [1.29, 1.82) is 0 Å². The summed E-state index contributed by atoms with van der Waals surface area (Å²) >= 11 is 5.79. The van der Waals surface area contributed by atoms with Crippen molar-refractivity contribution in [2.75, 3.05) is 0 Å². The van der Waals surface area contributed by atoms with E-state index in [4.69, 9.17) is 11.6 Å². The van der Waals surface area contributed by atoms with Gasteiger partial charge in [-0.3, -0.25) is 4.79 Å². The smallest absolute Gasteiger partial charge is 0.244 e. The highest BCUT2D eigenvalue weighted by molar-refractivity contribution is 6.30. The standard InChI is InChI=1S/C16H15ClN2O2/c1-11(13-3-2-4-15(20)10-13)18-19-16(21)9-12-5-7-14(17)8-6-12/h2-8,10,20H,9H2,1H3,(H,19,21)/b18-11-. The summed E-state index contributed by atoms with van der Waals surface area (Å²) in [7, 11) is 0. The predicted octanol–water partition coefficient (Wildman–Crippen LogP) is 3.13. The highest BCUT2D eigenvalue weighted by Crippen LogP contribution is 2.12. The van der Waals surface area contributed by atoms with Gasteiger partial charge in [0.05, 0.1) is 12.1 Å². The van der Waals surface area contributed by atoms with E-state index >= 15 is 0 Å². The summed E-state index contributed by atoms with van der Waals surface area (Å²) in [5.74, 6) is -0.0497. The number of halogens is 1. The van der Waals surface area contributed by atoms with E-state index in [-0.39, 0.29) is 18.1 Å². The van der Waals surface area contributed by atoms with E-state index in [0.29, 0.717) is 10.7 Å². The lowest BCUT2D eigenvalue weighted by Crippen LogP contribution is -2.21. The van der Waals surface area contributed by atoms with Gasteiger partial charge in [0, 0.05) is 10.6 Å². The molecule has 0 radical (unpaired) electrons. The Kier molecular flexibility index (Phi) is 4.95. The molecule has 0 aromatic heterocycles. The molecule has 0 spiro atoms. The number of carbonyl (C=O) groups excluding carboxylic acids is 1. The van der Waals surface area contributed by atoms with Crippen LogP contribution < -0.4 is 5.43 Å². The molecule has 0 bridgehead atoms. The van der Waals surface area contributed by atoms with Crippen LogP contribution in [-0.2, 0) is 11.2 Å². The first-order valence-electron chi connectivity index (χ1n) is 6.41. The van der Waals surface area contributed by atoms with Crippen molar-refractivity contribution in [3.05, 3.63) is 64.7 Å². The van der Waals surface area contributed by atoms with Gasteiger partial charge < -0.3 is 5.11 Å². The number of aromatic hydroxyl groups is 1. The van der Waals surface area contributed by atoms with Crippen LogP contribution in [0.3, 0.4) is 0 Å². The van der Waals surface area contributed by atoms with Crippen molar-refractivity contribution in [2.45, 2.75) is 13.3 Å². The van der Waals surface area contributed by atoms with Gasteiger partial charge in [0.1, 0.15) is 5.75 Å². The highest BCUT2D eigenvalue weighted by atomic mass is 35.5. The molecule has 108 valence electrons. The molecule has 2 rings (SSSR count). The summed E-state index contributed by atoms with van der Waals surface area (Å²) in [5, 5.41) is 14.1. The van der Waals surface area contributed by atoms with Crippen molar-refractivity contribution in [3.63, 3.8) is 0 Å². The van der Waals surface area contributed by atoms with E-state index in [0.717, 1.165) is 11.1 Å². The Morgan fingerprint density at radius 3 is 2.62 bits per heavy atom. The molecule has 0 saturated carbocycles. The number of hydrogen-bond acceptors (Lipinski definition) is 3. The van der Waals surface area contributed by atoms with Gasteiger partial charge in [-0.05, 0) is 36.8 Å². The summed E-state index contributed by atoms with van der Waals surface area (Å²) in [6.07, 6.45) is 0.230. The van der Waals surface area contributed by atoms with E-state index in [9.17, 15) is 9.90 Å². The Morgan fingerprint density at radius 1 is 1.24 bits per heavy atom. The minimum atomic E-state index is -0.211. The monoisotopic (exact) mass is 302 g/mol. The molecule has 1 amide bonds. The third kappa shape index (κ3) is 4.61. The topological polar surface area (TPSA) is 61.7 Å². The Balaban J connectivity index is 1.96. The van der Waals surface area contributed by atoms with Gasteiger partial charge in [-0.15, -0.1) is 0 Å². The fourth-order valence-electron chi connectivity index (χ4n) is 1.77. The molecule has 0 aliphatic carbocycles. The quantitative estimate of drug-likeness (QED) is 0.673. The third-order valence-corrected chi connectivity index (χ3v) is 3.14. The number of hydrazone groups is 1. The lowest BCUT2D eigenvalue weighted by atomic mass is 10.1. The van der Waals surface area contributed by atoms with E-state index in [1.165, 1.54) is 0 Å². The van der Waals surface area contributed by atoms with Crippen molar-refractivity contribution in [2.24, 2.45) is 5.10 Å². The number of amides is 1. The van der Waals surface area contributed by atoms with Crippen LogP contribution in [0, 0.1) is 0 Å². The first-order chi connectivity index (χ1) is 10.0. The molecule has 0 aliphatic rings. The SMILES string of the molecule is C/C(=N/NC(=O)Cc1ccc(Cl)cc1)c1cccc(O)c1. The molecule has 0 unspecified atom stereocenters. The summed E-state index contributed by atoms with van der Waals surface area (Å²) < 4.78 is 0. The van der Waals surface area contributed by atoms with Gasteiger partial charge >= 0.3 is 0 Å². The Bertz CT molecular complexity index is 666. The molecule has 0 aliphatic heterocycles. The number of phenolic OH excluding ortho intramolecular Hbond substituents is 1. The molecule has 0 saturated heterocycles. The molecule has 0 fully saturated rings. The van der Waals surface area contributed by atoms with Crippen LogP contribution in [0.2, 0.25) is 5.02 Å². The lowest BCUT2D eigenvalue weighted by molar-refractivity contribution is -0.120. The zero-order valence-corrected chi connectivity index (χ0v) is 12.3. The summed E-state index contributed by atoms with van der Waals surface area (Å²) in [6.45, 7) is 1.76. The Morgan fingerprint density at radius 2 is 1.95 bits per heavy atom. The molecular weight excluding hydrogens is 288 g/mol. The van der Waals surface area contributed by atoms with Crippen LogP contribution >= 0.6 is 11.6 Å². The van der Waals surface area contributed by atoms with Crippen molar-refractivity contribution < 1.29 is 9.90 Å². The van der Waals surface area contributed by atoms with Crippen molar-refractivity contribution >= 4 is 23.2 Å². The van der Waals surface area contributed by atoms with Gasteiger partial charge in [0.2, 0.25) is 5.91 Å². The number of benzene rings is 2. The maximum Gasteiger partial charge on any atom is 0.244 e. The van der Waals surface area contributed by atoms with E-state index in [1.807, 2.05) is 6.07 Å². The average Bonchev–Trinajstić information content (AvgIpc) is 2.47. The Labute approximate surface area is 128 Å². The molecule has 4 nitrogen and oxygen atoms in total.